The Kier molecular flexibility index (Phi) is 5.66. The zero-order valence-corrected chi connectivity index (χ0v) is 14.9. The average molecular weight is 415 g/mol. The molecule has 0 aliphatic heterocycles. The topological polar surface area (TPSA) is 80.9 Å². The smallest absolute Gasteiger partial charge is 0.411 e. The zero-order chi connectivity index (χ0) is 19.4. The van der Waals surface area contributed by atoms with Crippen molar-refractivity contribution in [1.29, 1.82) is 0 Å². The maximum atomic E-state index is 12.8. The first-order chi connectivity index (χ1) is 12.8. The maximum absolute atomic E-state index is 12.8. The summed E-state index contributed by atoms with van der Waals surface area (Å²) in [4.78, 5) is 15.9. The van der Waals surface area contributed by atoms with E-state index in [1.807, 2.05) is 0 Å². The summed E-state index contributed by atoms with van der Waals surface area (Å²) in [5.41, 5.74) is -0.363. The fraction of sp³-hybridized carbons (Fsp3) is 0.125. The number of nitrogens with one attached hydrogen (secondary N) is 1. The van der Waals surface area contributed by atoms with E-state index in [2.05, 4.69) is 20.5 Å². The summed E-state index contributed by atoms with van der Waals surface area (Å²) in [5, 5.41) is 10.2. The van der Waals surface area contributed by atoms with Crippen molar-refractivity contribution in [3.63, 3.8) is 0 Å². The van der Waals surface area contributed by atoms with Crippen LogP contribution < -0.4 is 5.32 Å². The summed E-state index contributed by atoms with van der Waals surface area (Å²) in [7, 11) is 0. The molecule has 1 amide bonds. The lowest BCUT2D eigenvalue weighted by molar-refractivity contribution is -0.137. The van der Waals surface area contributed by atoms with Gasteiger partial charge in [-0.25, -0.2) is 0 Å². The highest BCUT2D eigenvalue weighted by Gasteiger charge is 2.31. The Morgan fingerprint density at radius 3 is 2.63 bits per heavy atom. The number of hydrogen-bond acceptors (Lipinski definition) is 6. The lowest BCUT2D eigenvalue weighted by Gasteiger charge is -2.11. The standard InChI is InChI=1S/C16H10ClF3N4O2S/c17-11-2-1-10(16(18,19)20)7-12(11)22-13(25)8-27-15-24-23-14(26-15)9-3-5-21-6-4-9/h1-7H,8H2,(H,22,25). The van der Waals surface area contributed by atoms with Crippen LogP contribution in [-0.4, -0.2) is 26.8 Å². The number of carbonyl (C=O) groups excluding carboxylic acids is 1. The van der Waals surface area contributed by atoms with Crippen LogP contribution in [0.15, 0.2) is 52.4 Å². The van der Waals surface area contributed by atoms with Crippen LogP contribution in [0.4, 0.5) is 18.9 Å². The minimum atomic E-state index is -4.54. The number of pyridine rings is 1. The van der Waals surface area contributed by atoms with Crippen molar-refractivity contribution in [1.82, 2.24) is 15.2 Å². The highest BCUT2D eigenvalue weighted by Crippen LogP contribution is 2.34. The molecule has 3 rings (SSSR count). The van der Waals surface area contributed by atoms with Crippen molar-refractivity contribution >= 4 is 35.0 Å². The largest absolute Gasteiger partial charge is 0.416 e. The summed E-state index contributed by atoms with van der Waals surface area (Å²) >= 11 is 6.79. The molecule has 0 atom stereocenters. The van der Waals surface area contributed by atoms with Crippen LogP contribution >= 0.6 is 23.4 Å². The SMILES string of the molecule is O=C(CSc1nnc(-c2ccncc2)o1)Nc1cc(C(F)(F)F)ccc1Cl. The van der Waals surface area contributed by atoms with Crippen LogP contribution in [0, 0.1) is 0 Å². The van der Waals surface area contributed by atoms with Gasteiger partial charge in [0.15, 0.2) is 0 Å². The van der Waals surface area contributed by atoms with E-state index >= 15 is 0 Å². The number of amides is 1. The zero-order valence-electron chi connectivity index (χ0n) is 13.3. The van der Waals surface area contributed by atoms with Gasteiger partial charge in [0, 0.05) is 18.0 Å². The van der Waals surface area contributed by atoms with E-state index in [1.165, 1.54) is 0 Å². The molecule has 0 radical (unpaired) electrons. The van der Waals surface area contributed by atoms with Crippen molar-refractivity contribution in [3.05, 3.63) is 53.3 Å². The molecule has 1 N–H and O–H groups in total. The molecule has 1 aromatic carbocycles. The van der Waals surface area contributed by atoms with Gasteiger partial charge in [-0.2, -0.15) is 13.2 Å². The fourth-order valence-corrected chi connectivity index (χ4v) is 2.72. The molecule has 0 spiro atoms. The Morgan fingerprint density at radius 1 is 1.19 bits per heavy atom. The molecule has 27 heavy (non-hydrogen) atoms. The Balaban J connectivity index is 1.62. The highest BCUT2D eigenvalue weighted by atomic mass is 35.5. The van der Waals surface area contributed by atoms with Crippen LogP contribution in [0.1, 0.15) is 5.56 Å². The predicted molar refractivity (Wildman–Crippen MR) is 93.3 cm³/mol. The number of halogens is 4. The third-order valence-electron chi connectivity index (χ3n) is 3.23. The minimum absolute atomic E-state index is 0.000821. The molecule has 0 saturated carbocycles. The molecule has 6 nitrogen and oxygen atoms in total. The van der Waals surface area contributed by atoms with Gasteiger partial charge in [0.05, 0.1) is 22.0 Å². The average Bonchev–Trinajstić information content (AvgIpc) is 3.11. The minimum Gasteiger partial charge on any atom is -0.411 e. The molecule has 0 bridgehead atoms. The number of hydrogen-bond donors (Lipinski definition) is 1. The van der Waals surface area contributed by atoms with Gasteiger partial charge < -0.3 is 9.73 Å². The maximum Gasteiger partial charge on any atom is 0.416 e. The van der Waals surface area contributed by atoms with E-state index in [9.17, 15) is 18.0 Å². The van der Waals surface area contributed by atoms with Gasteiger partial charge in [-0.05, 0) is 30.3 Å². The Labute approximate surface area is 160 Å². The number of thioether (sulfide) groups is 1. The number of alkyl halides is 3. The molecule has 0 unspecified atom stereocenters. The van der Waals surface area contributed by atoms with Gasteiger partial charge in [0.2, 0.25) is 11.8 Å². The molecule has 3 aromatic rings. The number of carbonyl (C=O) groups is 1. The summed E-state index contributed by atoms with van der Waals surface area (Å²) in [6.45, 7) is 0. The van der Waals surface area contributed by atoms with Crippen LogP contribution in [0.25, 0.3) is 11.5 Å². The molecule has 140 valence electrons. The Morgan fingerprint density at radius 2 is 1.93 bits per heavy atom. The molecule has 0 aliphatic rings. The molecular weight excluding hydrogens is 405 g/mol. The van der Waals surface area contributed by atoms with Crippen molar-refractivity contribution in [2.45, 2.75) is 11.4 Å². The molecule has 2 heterocycles. The van der Waals surface area contributed by atoms with Crippen molar-refractivity contribution in [2.75, 3.05) is 11.1 Å². The summed E-state index contributed by atoms with van der Waals surface area (Å²) < 4.78 is 43.7. The van der Waals surface area contributed by atoms with Crippen LogP contribution in [0.3, 0.4) is 0 Å². The summed E-state index contributed by atoms with van der Waals surface area (Å²) in [6, 6.07) is 6.06. The number of nitrogens with zero attached hydrogens (tertiary/aromatic N) is 3. The number of aromatic nitrogens is 3. The number of rotatable bonds is 5. The quantitative estimate of drug-likeness (QED) is 0.617. The van der Waals surface area contributed by atoms with E-state index in [1.54, 1.807) is 24.5 Å². The van der Waals surface area contributed by atoms with E-state index in [-0.39, 0.29) is 27.6 Å². The lowest BCUT2D eigenvalue weighted by Crippen LogP contribution is -2.15. The molecule has 0 aliphatic carbocycles. The number of benzene rings is 1. The van der Waals surface area contributed by atoms with E-state index in [4.69, 9.17) is 16.0 Å². The van der Waals surface area contributed by atoms with Gasteiger partial charge >= 0.3 is 6.18 Å². The molecular formula is C16H10ClF3N4O2S. The van der Waals surface area contributed by atoms with Gasteiger partial charge in [0.25, 0.3) is 5.22 Å². The van der Waals surface area contributed by atoms with Crippen LogP contribution in [0.5, 0.6) is 0 Å². The second kappa shape index (κ2) is 7.97. The van der Waals surface area contributed by atoms with Crippen LogP contribution in [-0.2, 0) is 11.0 Å². The van der Waals surface area contributed by atoms with Crippen molar-refractivity contribution < 1.29 is 22.4 Å². The fourth-order valence-electron chi connectivity index (χ4n) is 1.99. The second-order valence-corrected chi connectivity index (χ2v) is 6.47. The van der Waals surface area contributed by atoms with E-state index < -0.39 is 17.6 Å². The van der Waals surface area contributed by atoms with Crippen molar-refractivity contribution in [2.24, 2.45) is 0 Å². The normalized spacial score (nSPS) is 11.4. The van der Waals surface area contributed by atoms with E-state index in [0.717, 1.165) is 30.0 Å². The first kappa shape index (κ1) is 19.2. The molecule has 2 aromatic heterocycles. The molecule has 0 saturated heterocycles. The molecule has 0 fully saturated rings. The summed E-state index contributed by atoms with van der Waals surface area (Å²) in [5.74, 6) is -0.448. The van der Waals surface area contributed by atoms with E-state index in [0.29, 0.717) is 5.56 Å². The second-order valence-electron chi connectivity index (χ2n) is 5.14. The molecule has 11 heteroatoms. The summed E-state index contributed by atoms with van der Waals surface area (Å²) in [6.07, 6.45) is -1.40. The first-order valence-electron chi connectivity index (χ1n) is 7.36. The Hall–Kier alpha value is -2.59. The Bertz CT molecular complexity index is 950. The highest BCUT2D eigenvalue weighted by molar-refractivity contribution is 7.99. The van der Waals surface area contributed by atoms with Crippen LogP contribution in [0.2, 0.25) is 5.02 Å². The lowest BCUT2D eigenvalue weighted by atomic mass is 10.2. The predicted octanol–water partition coefficient (Wildman–Crippen LogP) is 4.53. The van der Waals surface area contributed by atoms with Gasteiger partial charge in [-0.15, -0.1) is 10.2 Å². The van der Waals surface area contributed by atoms with Gasteiger partial charge in [0.1, 0.15) is 0 Å². The third-order valence-corrected chi connectivity index (χ3v) is 4.38. The first-order valence-corrected chi connectivity index (χ1v) is 8.72. The number of anilines is 1. The van der Waals surface area contributed by atoms with Crippen molar-refractivity contribution in [3.8, 4) is 11.5 Å². The van der Waals surface area contributed by atoms with Gasteiger partial charge in [-0.1, -0.05) is 23.4 Å². The van der Waals surface area contributed by atoms with Gasteiger partial charge in [-0.3, -0.25) is 9.78 Å². The monoisotopic (exact) mass is 414 g/mol. The third kappa shape index (κ3) is 4.98.